The molecule has 4 rings (SSSR count). The van der Waals surface area contributed by atoms with Crippen molar-refractivity contribution in [1.29, 1.82) is 0 Å². The van der Waals surface area contributed by atoms with Crippen LogP contribution in [0, 0.1) is 0 Å². The first-order valence-electron chi connectivity index (χ1n) is 9.61. The number of rotatable bonds is 5. The standard InChI is InChI=1S/C25H21NO4/c1-25(2,30-20-9-4-3-5-10-20)24(28)26-19-14-12-17(13-15-19)21-16-18-8-6-7-11-22(18)29-23(21)27/h3-16H,1-2H3,(H,26,28). The molecule has 0 atom stereocenters. The summed E-state index contributed by atoms with van der Waals surface area (Å²) in [7, 11) is 0. The highest BCUT2D eigenvalue weighted by atomic mass is 16.5. The lowest BCUT2D eigenvalue weighted by Crippen LogP contribution is -2.42. The molecule has 4 aromatic rings. The molecule has 0 aliphatic carbocycles. The first-order valence-corrected chi connectivity index (χ1v) is 9.61. The number of carbonyl (C=O) groups excluding carboxylic acids is 1. The van der Waals surface area contributed by atoms with Crippen LogP contribution in [0.15, 0.2) is 94.1 Å². The number of nitrogens with one attached hydrogen (secondary N) is 1. The maximum absolute atomic E-state index is 12.7. The fraction of sp³-hybridized carbons (Fsp3) is 0.120. The molecule has 1 aromatic heterocycles. The molecule has 0 spiro atoms. The molecular formula is C25H21NO4. The highest BCUT2D eigenvalue weighted by Gasteiger charge is 2.30. The quantitative estimate of drug-likeness (QED) is 0.465. The number of benzene rings is 3. The van der Waals surface area contributed by atoms with E-state index in [1.807, 2.05) is 42.5 Å². The number of anilines is 1. The Bertz CT molecular complexity index is 1240. The van der Waals surface area contributed by atoms with Crippen molar-refractivity contribution in [2.24, 2.45) is 0 Å². The molecule has 30 heavy (non-hydrogen) atoms. The maximum Gasteiger partial charge on any atom is 0.344 e. The van der Waals surface area contributed by atoms with Crippen LogP contribution in [0.1, 0.15) is 13.8 Å². The Labute approximate surface area is 173 Å². The van der Waals surface area contributed by atoms with Crippen molar-refractivity contribution >= 4 is 22.6 Å². The van der Waals surface area contributed by atoms with Gasteiger partial charge in [0.1, 0.15) is 11.3 Å². The SMILES string of the molecule is CC(C)(Oc1ccccc1)C(=O)Nc1ccc(-c2cc3ccccc3oc2=O)cc1. The Balaban J connectivity index is 1.52. The van der Waals surface area contributed by atoms with E-state index < -0.39 is 11.2 Å². The van der Waals surface area contributed by atoms with Gasteiger partial charge in [0.2, 0.25) is 0 Å². The number of carbonyl (C=O) groups is 1. The molecule has 150 valence electrons. The summed E-state index contributed by atoms with van der Waals surface area (Å²) in [5, 5.41) is 3.71. The Morgan fingerprint density at radius 2 is 1.57 bits per heavy atom. The second-order valence-corrected chi connectivity index (χ2v) is 7.44. The zero-order valence-corrected chi connectivity index (χ0v) is 16.7. The third kappa shape index (κ3) is 4.10. The van der Waals surface area contributed by atoms with E-state index in [1.54, 1.807) is 56.3 Å². The largest absolute Gasteiger partial charge is 0.478 e. The van der Waals surface area contributed by atoms with Gasteiger partial charge in [-0.25, -0.2) is 4.79 Å². The normalized spacial score (nSPS) is 11.3. The summed E-state index contributed by atoms with van der Waals surface area (Å²) >= 11 is 0. The van der Waals surface area contributed by atoms with Crippen LogP contribution in [-0.4, -0.2) is 11.5 Å². The summed E-state index contributed by atoms with van der Waals surface area (Å²) in [6, 6.07) is 25.4. The average molecular weight is 399 g/mol. The molecule has 1 heterocycles. The van der Waals surface area contributed by atoms with Gasteiger partial charge in [-0.15, -0.1) is 0 Å². The fourth-order valence-corrected chi connectivity index (χ4v) is 3.11. The zero-order valence-electron chi connectivity index (χ0n) is 16.7. The van der Waals surface area contributed by atoms with Crippen LogP contribution in [0.25, 0.3) is 22.1 Å². The average Bonchev–Trinajstić information content (AvgIpc) is 2.74. The first kappa shape index (κ1) is 19.5. The predicted octanol–water partition coefficient (Wildman–Crippen LogP) is 5.26. The van der Waals surface area contributed by atoms with Gasteiger partial charge >= 0.3 is 5.63 Å². The van der Waals surface area contributed by atoms with E-state index in [1.165, 1.54) is 0 Å². The van der Waals surface area contributed by atoms with Crippen molar-refractivity contribution in [3.8, 4) is 16.9 Å². The molecule has 1 amide bonds. The number of fused-ring (bicyclic) bond motifs is 1. The van der Waals surface area contributed by atoms with E-state index in [0.717, 1.165) is 5.39 Å². The van der Waals surface area contributed by atoms with Crippen molar-refractivity contribution in [1.82, 2.24) is 0 Å². The Morgan fingerprint density at radius 1 is 0.900 bits per heavy atom. The van der Waals surface area contributed by atoms with Crippen molar-refractivity contribution < 1.29 is 13.9 Å². The monoisotopic (exact) mass is 399 g/mol. The summed E-state index contributed by atoms with van der Waals surface area (Å²) in [4.78, 5) is 25.0. The molecule has 0 unspecified atom stereocenters. The van der Waals surface area contributed by atoms with Gasteiger partial charge in [-0.05, 0) is 55.8 Å². The second kappa shape index (κ2) is 7.87. The number of ether oxygens (including phenoxy) is 1. The van der Waals surface area contributed by atoms with E-state index in [9.17, 15) is 9.59 Å². The van der Waals surface area contributed by atoms with Crippen LogP contribution >= 0.6 is 0 Å². The smallest absolute Gasteiger partial charge is 0.344 e. The summed E-state index contributed by atoms with van der Waals surface area (Å²) in [5.41, 5.74) is 0.892. The van der Waals surface area contributed by atoms with Gasteiger partial charge in [-0.3, -0.25) is 4.79 Å². The minimum absolute atomic E-state index is 0.274. The lowest BCUT2D eigenvalue weighted by molar-refractivity contribution is -0.128. The Kier molecular flexibility index (Phi) is 5.11. The Morgan fingerprint density at radius 3 is 2.30 bits per heavy atom. The van der Waals surface area contributed by atoms with Crippen LogP contribution in [-0.2, 0) is 4.79 Å². The van der Waals surface area contributed by atoms with E-state index >= 15 is 0 Å². The third-order valence-electron chi connectivity index (χ3n) is 4.76. The Hall–Kier alpha value is -3.86. The van der Waals surface area contributed by atoms with E-state index in [2.05, 4.69) is 5.32 Å². The molecule has 0 radical (unpaired) electrons. The zero-order chi connectivity index (χ0) is 21.1. The van der Waals surface area contributed by atoms with Gasteiger partial charge in [0.15, 0.2) is 5.60 Å². The summed E-state index contributed by atoms with van der Waals surface area (Å²) in [5.74, 6) is 0.348. The van der Waals surface area contributed by atoms with Gasteiger partial charge in [0, 0.05) is 11.1 Å². The lowest BCUT2D eigenvalue weighted by atomic mass is 10.0. The summed E-state index contributed by atoms with van der Waals surface area (Å²) in [6.45, 7) is 3.42. The lowest BCUT2D eigenvalue weighted by Gasteiger charge is -2.25. The number of hydrogen-bond donors (Lipinski definition) is 1. The summed E-state index contributed by atoms with van der Waals surface area (Å²) in [6.07, 6.45) is 0. The van der Waals surface area contributed by atoms with Gasteiger partial charge in [-0.1, -0.05) is 48.5 Å². The molecule has 1 N–H and O–H groups in total. The molecule has 5 nitrogen and oxygen atoms in total. The summed E-state index contributed by atoms with van der Waals surface area (Å²) < 4.78 is 11.2. The third-order valence-corrected chi connectivity index (χ3v) is 4.76. The minimum atomic E-state index is -1.06. The van der Waals surface area contributed by atoms with Gasteiger partial charge in [0.05, 0.1) is 5.56 Å². The van der Waals surface area contributed by atoms with Crippen molar-refractivity contribution in [2.75, 3.05) is 5.32 Å². The number of hydrogen-bond acceptors (Lipinski definition) is 4. The van der Waals surface area contributed by atoms with E-state index in [0.29, 0.717) is 28.1 Å². The van der Waals surface area contributed by atoms with E-state index in [4.69, 9.17) is 9.15 Å². The van der Waals surface area contributed by atoms with Crippen molar-refractivity contribution in [3.63, 3.8) is 0 Å². The van der Waals surface area contributed by atoms with Crippen molar-refractivity contribution in [2.45, 2.75) is 19.4 Å². The molecular weight excluding hydrogens is 378 g/mol. The van der Waals surface area contributed by atoms with Crippen molar-refractivity contribution in [3.05, 3.63) is 95.3 Å². The van der Waals surface area contributed by atoms with E-state index in [-0.39, 0.29) is 5.91 Å². The van der Waals surface area contributed by atoms with Gasteiger partial charge in [0.25, 0.3) is 5.91 Å². The predicted molar refractivity (Wildman–Crippen MR) is 118 cm³/mol. The molecule has 0 saturated carbocycles. The molecule has 0 aliphatic heterocycles. The highest BCUT2D eigenvalue weighted by Crippen LogP contribution is 2.24. The molecule has 5 heteroatoms. The maximum atomic E-state index is 12.7. The second-order valence-electron chi connectivity index (χ2n) is 7.44. The molecule has 0 bridgehead atoms. The van der Waals surface area contributed by atoms with Crippen LogP contribution in [0.5, 0.6) is 5.75 Å². The molecule has 3 aromatic carbocycles. The van der Waals surface area contributed by atoms with Crippen LogP contribution in [0.2, 0.25) is 0 Å². The first-order chi connectivity index (χ1) is 14.4. The number of amides is 1. The molecule has 0 fully saturated rings. The van der Waals surface area contributed by atoms with Gasteiger partial charge < -0.3 is 14.5 Å². The van der Waals surface area contributed by atoms with Crippen LogP contribution < -0.4 is 15.7 Å². The molecule has 0 saturated heterocycles. The fourth-order valence-electron chi connectivity index (χ4n) is 3.11. The van der Waals surface area contributed by atoms with Gasteiger partial charge in [-0.2, -0.15) is 0 Å². The highest BCUT2D eigenvalue weighted by molar-refractivity contribution is 5.97. The topological polar surface area (TPSA) is 68.5 Å². The van der Waals surface area contributed by atoms with Crippen LogP contribution in [0.3, 0.4) is 0 Å². The van der Waals surface area contributed by atoms with Crippen LogP contribution in [0.4, 0.5) is 5.69 Å². The number of para-hydroxylation sites is 2. The minimum Gasteiger partial charge on any atom is -0.478 e. The molecule has 0 aliphatic rings.